The second-order valence-electron chi connectivity index (χ2n) is 7.69. The quantitative estimate of drug-likeness (QED) is 0.330. The first-order chi connectivity index (χ1) is 15.2. The molecule has 2 aromatic carbocycles. The number of aromatic nitrogens is 2. The third kappa shape index (κ3) is 4.82. The molecule has 0 aliphatic heterocycles. The minimum Gasteiger partial charge on any atom is -0.406 e. The Kier molecular flexibility index (Phi) is 5.74. The lowest BCUT2D eigenvalue weighted by Gasteiger charge is -2.09. The zero-order chi connectivity index (χ0) is 22.9. The molecule has 4 rings (SSSR count). The number of halogens is 3. The number of pyridine rings is 1. The zero-order valence-corrected chi connectivity index (χ0v) is 17.6. The minimum absolute atomic E-state index is 0.0485. The van der Waals surface area contributed by atoms with Crippen molar-refractivity contribution in [3.8, 4) is 16.9 Å². The predicted octanol–water partition coefficient (Wildman–Crippen LogP) is 6.33. The van der Waals surface area contributed by atoms with E-state index in [-0.39, 0.29) is 11.5 Å². The van der Waals surface area contributed by atoms with Crippen molar-refractivity contribution in [1.29, 1.82) is 0 Å². The van der Waals surface area contributed by atoms with Crippen molar-refractivity contribution in [1.82, 2.24) is 9.61 Å². The maximum atomic E-state index is 12.9. The molecular weight excluding hydrogens is 417 g/mol. The summed E-state index contributed by atoms with van der Waals surface area (Å²) in [7, 11) is 0. The summed E-state index contributed by atoms with van der Waals surface area (Å²) >= 11 is 0. The topological polar surface area (TPSA) is 43.6 Å². The summed E-state index contributed by atoms with van der Waals surface area (Å²) in [6, 6.07) is 17.3. The lowest BCUT2D eigenvalue weighted by atomic mass is 9.99. The van der Waals surface area contributed by atoms with E-state index in [4.69, 9.17) is 0 Å². The number of ketones is 1. The van der Waals surface area contributed by atoms with Crippen LogP contribution in [0.1, 0.15) is 33.6 Å². The molecule has 0 saturated carbocycles. The van der Waals surface area contributed by atoms with Crippen LogP contribution in [0.3, 0.4) is 0 Å². The summed E-state index contributed by atoms with van der Waals surface area (Å²) in [4.78, 5) is 12.9. The van der Waals surface area contributed by atoms with Crippen molar-refractivity contribution in [2.75, 3.05) is 0 Å². The molecule has 4 nitrogen and oxygen atoms in total. The van der Waals surface area contributed by atoms with Crippen molar-refractivity contribution in [3.05, 3.63) is 89.2 Å². The predicted molar refractivity (Wildman–Crippen MR) is 116 cm³/mol. The molecule has 4 aromatic rings. The molecule has 0 spiro atoms. The molecule has 2 heterocycles. The normalized spacial score (nSPS) is 11.7. The highest BCUT2D eigenvalue weighted by molar-refractivity contribution is 6.03. The van der Waals surface area contributed by atoms with Gasteiger partial charge in [0, 0.05) is 12.6 Å². The van der Waals surface area contributed by atoms with Gasteiger partial charge < -0.3 is 4.74 Å². The molecule has 0 atom stereocenters. The van der Waals surface area contributed by atoms with Crippen LogP contribution < -0.4 is 4.74 Å². The minimum atomic E-state index is -4.71. The molecule has 0 amide bonds. The van der Waals surface area contributed by atoms with Crippen LogP contribution in [-0.2, 0) is 6.42 Å². The van der Waals surface area contributed by atoms with Gasteiger partial charge in [0.15, 0.2) is 5.78 Å². The number of carbonyl (C=O) groups excluding carboxylic acids is 1. The molecule has 0 bridgehead atoms. The van der Waals surface area contributed by atoms with E-state index in [1.165, 1.54) is 12.1 Å². The molecule has 0 aliphatic rings. The molecule has 164 valence electrons. The second kappa shape index (κ2) is 8.49. The summed E-state index contributed by atoms with van der Waals surface area (Å²) in [6.07, 6.45) is -1.91. The van der Waals surface area contributed by atoms with Crippen molar-refractivity contribution in [2.24, 2.45) is 0 Å². The zero-order valence-electron chi connectivity index (χ0n) is 17.6. The van der Waals surface area contributed by atoms with Crippen molar-refractivity contribution < 1.29 is 22.7 Å². The van der Waals surface area contributed by atoms with Crippen LogP contribution in [0, 0.1) is 13.8 Å². The van der Waals surface area contributed by atoms with Crippen LogP contribution in [0.5, 0.6) is 5.75 Å². The number of benzene rings is 2. The number of hydrogen-bond donors (Lipinski definition) is 0. The standard InChI is InChI=1S/C25H21F3N2O2/c1-16-13-14-30-22(15-16)24(17(2)29-30)23(31)12-5-18-3-6-19(7-4-18)20-8-10-21(11-9-20)32-25(26,27)28/h3-4,6-11,13-15H,5,12H2,1-2H3. The van der Waals surface area contributed by atoms with Crippen LogP contribution >= 0.6 is 0 Å². The average molecular weight is 438 g/mol. The molecule has 32 heavy (non-hydrogen) atoms. The smallest absolute Gasteiger partial charge is 0.406 e. The number of rotatable bonds is 6. The maximum absolute atomic E-state index is 12.9. The van der Waals surface area contributed by atoms with Crippen LogP contribution in [-0.4, -0.2) is 21.8 Å². The fraction of sp³-hybridized carbons (Fsp3) is 0.200. The molecule has 0 unspecified atom stereocenters. The largest absolute Gasteiger partial charge is 0.573 e. The SMILES string of the molecule is Cc1ccn2nc(C)c(C(=O)CCc3ccc(-c4ccc(OC(F)(F)F)cc4)cc3)c2c1. The Labute approximate surface area is 183 Å². The van der Waals surface area contributed by atoms with Crippen molar-refractivity contribution >= 4 is 11.3 Å². The Bertz CT molecular complexity index is 1260. The molecule has 7 heteroatoms. The van der Waals surface area contributed by atoms with Gasteiger partial charge in [-0.25, -0.2) is 4.52 Å². The number of carbonyl (C=O) groups is 1. The van der Waals surface area contributed by atoms with Gasteiger partial charge in [-0.05, 0) is 66.8 Å². The van der Waals surface area contributed by atoms with E-state index >= 15 is 0 Å². The van der Waals surface area contributed by atoms with Crippen LogP contribution in [0.15, 0.2) is 66.9 Å². The number of ether oxygens (including phenoxy) is 1. The number of alkyl halides is 3. The summed E-state index contributed by atoms with van der Waals surface area (Å²) in [5.74, 6) is -0.206. The molecule has 2 aromatic heterocycles. The van der Waals surface area contributed by atoms with E-state index in [2.05, 4.69) is 9.84 Å². The van der Waals surface area contributed by atoms with Crippen LogP contribution in [0.2, 0.25) is 0 Å². The molecular formula is C25H21F3N2O2. The van der Waals surface area contributed by atoms with E-state index in [1.54, 1.807) is 16.6 Å². The van der Waals surface area contributed by atoms with E-state index in [0.29, 0.717) is 24.1 Å². The fourth-order valence-corrected chi connectivity index (χ4v) is 3.71. The number of nitrogens with zero attached hydrogens (tertiary/aromatic N) is 2. The second-order valence-corrected chi connectivity index (χ2v) is 7.69. The molecule has 0 saturated heterocycles. The third-order valence-corrected chi connectivity index (χ3v) is 5.26. The number of aryl methyl sites for hydroxylation is 3. The van der Waals surface area contributed by atoms with Crippen molar-refractivity contribution in [3.63, 3.8) is 0 Å². The van der Waals surface area contributed by atoms with Gasteiger partial charge in [0.1, 0.15) is 5.75 Å². The van der Waals surface area contributed by atoms with Crippen LogP contribution in [0.25, 0.3) is 16.6 Å². The van der Waals surface area contributed by atoms with Crippen molar-refractivity contribution in [2.45, 2.75) is 33.1 Å². The lowest BCUT2D eigenvalue weighted by Crippen LogP contribution is -2.16. The third-order valence-electron chi connectivity index (χ3n) is 5.26. The Morgan fingerprint density at radius 2 is 1.59 bits per heavy atom. The van der Waals surface area contributed by atoms with Gasteiger partial charge in [-0.1, -0.05) is 36.4 Å². The lowest BCUT2D eigenvalue weighted by molar-refractivity contribution is -0.274. The number of hydrogen-bond acceptors (Lipinski definition) is 3. The Morgan fingerprint density at radius 3 is 2.22 bits per heavy atom. The van der Waals surface area contributed by atoms with Gasteiger partial charge in [0.25, 0.3) is 0 Å². The van der Waals surface area contributed by atoms with E-state index in [1.807, 2.05) is 56.4 Å². The monoisotopic (exact) mass is 438 g/mol. The number of Topliss-reactive ketones (excluding diaryl/α,β-unsaturated/α-hetero) is 1. The first-order valence-electron chi connectivity index (χ1n) is 10.1. The Morgan fingerprint density at radius 1 is 0.969 bits per heavy atom. The fourth-order valence-electron chi connectivity index (χ4n) is 3.71. The molecule has 0 fully saturated rings. The van der Waals surface area contributed by atoms with Gasteiger partial charge in [0.05, 0.1) is 16.8 Å². The van der Waals surface area contributed by atoms with Gasteiger partial charge in [0.2, 0.25) is 0 Å². The molecule has 0 radical (unpaired) electrons. The highest BCUT2D eigenvalue weighted by Crippen LogP contribution is 2.27. The maximum Gasteiger partial charge on any atom is 0.573 e. The average Bonchev–Trinajstić information content (AvgIpc) is 3.07. The first kappa shape index (κ1) is 21.6. The Balaban J connectivity index is 1.43. The summed E-state index contributed by atoms with van der Waals surface area (Å²) in [5.41, 5.74) is 5.91. The summed E-state index contributed by atoms with van der Waals surface area (Å²) in [5, 5.41) is 4.43. The van der Waals surface area contributed by atoms with Crippen LogP contribution in [0.4, 0.5) is 13.2 Å². The summed E-state index contributed by atoms with van der Waals surface area (Å²) in [6.45, 7) is 3.82. The van der Waals surface area contributed by atoms with E-state index in [9.17, 15) is 18.0 Å². The molecule has 0 aliphatic carbocycles. The van der Waals surface area contributed by atoms with Gasteiger partial charge in [-0.2, -0.15) is 5.10 Å². The number of fused-ring (bicyclic) bond motifs is 1. The van der Waals surface area contributed by atoms with E-state index in [0.717, 1.165) is 27.8 Å². The highest BCUT2D eigenvalue weighted by Gasteiger charge is 2.30. The summed E-state index contributed by atoms with van der Waals surface area (Å²) < 4.78 is 42.5. The van der Waals surface area contributed by atoms with Gasteiger partial charge >= 0.3 is 6.36 Å². The molecule has 0 N–H and O–H groups in total. The highest BCUT2D eigenvalue weighted by atomic mass is 19.4. The first-order valence-corrected chi connectivity index (χ1v) is 10.1. The van der Waals surface area contributed by atoms with E-state index < -0.39 is 6.36 Å². The van der Waals surface area contributed by atoms with Gasteiger partial charge in [-0.15, -0.1) is 13.2 Å². The Hall–Kier alpha value is -3.61. The van der Waals surface area contributed by atoms with Gasteiger partial charge in [-0.3, -0.25) is 4.79 Å².